The highest BCUT2D eigenvalue weighted by atomic mass is 15.6. The molecule has 0 saturated carbocycles. The van der Waals surface area contributed by atoms with Gasteiger partial charge in [-0.3, -0.25) is 0 Å². The van der Waals surface area contributed by atoms with E-state index >= 15 is 0 Å². The largest absolute Gasteiger partial charge is 0.367 e. The Hall–Kier alpha value is -1.92. The Balaban J connectivity index is 1.70. The first-order valence-electron chi connectivity index (χ1n) is 4.83. The van der Waals surface area contributed by atoms with Crippen LogP contribution >= 0.6 is 0 Å². The van der Waals surface area contributed by atoms with E-state index in [4.69, 9.17) is 5.73 Å². The van der Waals surface area contributed by atoms with Crippen LogP contribution in [0.1, 0.15) is 12.8 Å². The minimum absolute atomic E-state index is 0.373. The SMILES string of the molecule is Nc1nnnn1CCCCn1ccnc1. The molecule has 0 aromatic carbocycles. The van der Waals surface area contributed by atoms with Crippen molar-refractivity contribution in [2.24, 2.45) is 0 Å². The molecule has 0 fully saturated rings. The van der Waals surface area contributed by atoms with Crippen LogP contribution in [0.5, 0.6) is 0 Å². The van der Waals surface area contributed by atoms with Crippen molar-refractivity contribution in [1.29, 1.82) is 0 Å². The van der Waals surface area contributed by atoms with Crippen molar-refractivity contribution in [1.82, 2.24) is 29.8 Å². The predicted molar refractivity (Wildman–Crippen MR) is 53.7 cm³/mol. The van der Waals surface area contributed by atoms with E-state index in [0.29, 0.717) is 5.95 Å². The lowest BCUT2D eigenvalue weighted by atomic mass is 10.3. The molecule has 80 valence electrons. The molecule has 0 unspecified atom stereocenters. The Bertz CT molecular complexity index is 391. The van der Waals surface area contributed by atoms with Crippen LogP contribution in [0.25, 0.3) is 0 Å². The van der Waals surface area contributed by atoms with E-state index in [0.717, 1.165) is 25.9 Å². The molecular formula is C8H13N7. The van der Waals surface area contributed by atoms with Crippen LogP contribution in [0.15, 0.2) is 18.7 Å². The van der Waals surface area contributed by atoms with Crippen molar-refractivity contribution < 1.29 is 0 Å². The fourth-order valence-corrected chi connectivity index (χ4v) is 1.35. The second-order valence-corrected chi connectivity index (χ2v) is 3.27. The number of nitrogens with two attached hydrogens (primary N) is 1. The lowest BCUT2D eigenvalue weighted by Gasteiger charge is -2.02. The van der Waals surface area contributed by atoms with Crippen LogP contribution in [-0.4, -0.2) is 29.8 Å². The van der Waals surface area contributed by atoms with Gasteiger partial charge in [0.25, 0.3) is 0 Å². The highest BCUT2D eigenvalue weighted by molar-refractivity contribution is 5.09. The minimum atomic E-state index is 0.373. The molecule has 15 heavy (non-hydrogen) atoms. The van der Waals surface area contributed by atoms with Gasteiger partial charge in [0.05, 0.1) is 6.33 Å². The molecule has 0 aliphatic heterocycles. The Morgan fingerprint density at radius 1 is 1.27 bits per heavy atom. The minimum Gasteiger partial charge on any atom is -0.367 e. The van der Waals surface area contributed by atoms with Gasteiger partial charge in [0.15, 0.2) is 0 Å². The number of aryl methyl sites for hydroxylation is 2. The summed E-state index contributed by atoms with van der Waals surface area (Å²) in [5.41, 5.74) is 5.53. The molecule has 7 nitrogen and oxygen atoms in total. The summed E-state index contributed by atoms with van der Waals surface area (Å²) in [6.07, 6.45) is 7.58. The molecule has 0 spiro atoms. The molecule has 0 aliphatic carbocycles. The van der Waals surface area contributed by atoms with Gasteiger partial charge in [-0.15, -0.1) is 0 Å². The van der Waals surface area contributed by atoms with Crippen LogP contribution < -0.4 is 5.73 Å². The number of unbranched alkanes of at least 4 members (excludes halogenated alkanes) is 1. The quantitative estimate of drug-likeness (QED) is 0.693. The van der Waals surface area contributed by atoms with Gasteiger partial charge in [-0.25, -0.2) is 9.67 Å². The van der Waals surface area contributed by atoms with Gasteiger partial charge >= 0.3 is 0 Å². The van der Waals surface area contributed by atoms with Crippen molar-refractivity contribution in [2.75, 3.05) is 5.73 Å². The van der Waals surface area contributed by atoms with Crippen LogP contribution in [-0.2, 0) is 13.1 Å². The fourth-order valence-electron chi connectivity index (χ4n) is 1.35. The number of imidazole rings is 1. The van der Waals surface area contributed by atoms with Gasteiger partial charge in [-0.05, 0) is 23.3 Å². The zero-order valence-corrected chi connectivity index (χ0v) is 8.32. The van der Waals surface area contributed by atoms with Gasteiger partial charge in [0.2, 0.25) is 5.95 Å². The highest BCUT2D eigenvalue weighted by Gasteiger charge is 1.99. The third-order valence-electron chi connectivity index (χ3n) is 2.16. The molecule has 2 heterocycles. The molecule has 2 aromatic heterocycles. The average molecular weight is 207 g/mol. The number of hydrogen-bond donors (Lipinski definition) is 1. The molecule has 0 bridgehead atoms. The normalized spacial score (nSPS) is 10.7. The third kappa shape index (κ3) is 2.52. The van der Waals surface area contributed by atoms with Crippen molar-refractivity contribution >= 4 is 5.95 Å². The van der Waals surface area contributed by atoms with E-state index in [1.807, 2.05) is 17.1 Å². The third-order valence-corrected chi connectivity index (χ3v) is 2.16. The number of aromatic nitrogens is 6. The standard InChI is InChI=1S/C8H13N7/c9-8-11-12-13-15(8)5-2-1-4-14-6-3-10-7-14/h3,6-7H,1-2,4-5H2,(H2,9,11,13). The van der Waals surface area contributed by atoms with Crippen molar-refractivity contribution in [3.8, 4) is 0 Å². The first kappa shape index (κ1) is 9.63. The van der Waals surface area contributed by atoms with Gasteiger partial charge < -0.3 is 10.3 Å². The zero-order chi connectivity index (χ0) is 10.5. The van der Waals surface area contributed by atoms with E-state index in [1.165, 1.54) is 0 Å². The summed E-state index contributed by atoms with van der Waals surface area (Å²) in [5.74, 6) is 0.373. The lowest BCUT2D eigenvalue weighted by molar-refractivity contribution is 0.515. The molecule has 7 heteroatoms. The monoisotopic (exact) mass is 207 g/mol. The summed E-state index contributed by atoms with van der Waals surface area (Å²) >= 11 is 0. The van der Waals surface area contributed by atoms with Crippen molar-refractivity contribution in [2.45, 2.75) is 25.9 Å². The molecule has 2 N–H and O–H groups in total. The number of nitrogen functional groups attached to an aromatic ring is 1. The first-order chi connectivity index (χ1) is 7.36. The second kappa shape index (κ2) is 4.54. The number of nitrogens with zero attached hydrogens (tertiary/aromatic N) is 6. The van der Waals surface area contributed by atoms with E-state index in [9.17, 15) is 0 Å². The van der Waals surface area contributed by atoms with E-state index in [-0.39, 0.29) is 0 Å². The molecule has 0 atom stereocenters. The Morgan fingerprint density at radius 2 is 2.13 bits per heavy atom. The van der Waals surface area contributed by atoms with Gasteiger partial charge in [-0.1, -0.05) is 5.10 Å². The predicted octanol–water partition coefficient (Wildman–Crippen LogP) is -0.0678. The number of rotatable bonds is 5. The molecule has 2 aromatic rings. The van der Waals surface area contributed by atoms with Gasteiger partial charge in [0.1, 0.15) is 0 Å². The summed E-state index contributed by atoms with van der Waals surface area (Å²) < 4.78 is 3.65. The maximum absolute atomic E-state index is 5.53. The Labute approximate surface area is 86.9 Å². The van der Waals surface area contributed by atoms with E-state index in [2.05, 4.69) is 20.5 Å². The maximum atomic E-state index is 5.53. The van der Waals surface area contributed by atoms with Gasteiger partial charge in [0, 0.05) is 25.5 Å². The molecule has 0 radical (unpaired) electrons. The number of anilines is 1. The van der Waals surface area contributed by atoms with Crippen molar-refractivity contribution in [3.63, 3.8) is 0 Å². The van der Waals surface area contributed by atoms with Crippen LogP contribution in [0.3, 0.4) is 0 Å². The van der Waals surface area contributed by atoms with Crippen LogP contribution in [0, 0.1) is 0 Å². The fraction of sp³-hybridized carbons (Fsp3) is 0.500. The van der Waals surface area contributed by atoms with E-state index in [1.54, 1.807) is 10.9 Å². The molecule has 0 aliphatic rings. The number of hydrogen-bond acceptors (Lipinski definition) is 5. The first-order valence-corrected chi connectivity index (χ1v) is 4.83. The Kier molecular flexibility index (Phi) is 2.91. The van der Waals surface area contributed by atoms with Crippen LogP contribution in [0.4, 0.5) is 5.95 Å². The second-order valence-electron chi connectivity index (χ2n) is 3.27. The maximum Gasteiger partial charge on any atom is 0.240 e. The van der Waals surface area contributed by atoms with Crippen LogP contribution in [0.2, 0.25) is 0 Å². The Morgan fingerprint density at radius 3 is 2.80 bits per heavy atom. The lowest BCUT2D eigenvalue weighted by Crippen LogP contribution is -2.06. The number of tetrazole rings is 1. The average Bonchev–Trinajstić information content (AvgIpc) is 2.85. The summed E-state index contributed by atoms with van der Waals surface area (Å²) in [5, 5.41) is 10.8. The summed E-state index contributed by atoms with van der Waals surface area (Å²) in [4.78, 5) is 3.97. The summed E-state index contributed by atoms with van der Waals surface area (Å²) in [7, 11) is 0. The van der Waals surface area contributed by atoms with Crippen molar-refractivity contribution in [3.05, 3.63) is 18.7 Å². The molecule has 2 rings (SSSR count). The zero-order valence-electron chi connectivity index (χ0n) is 8.32. The highest BCUT2D eigenvalue weighted by Crippen LogP contribution is 2.00. The summed E-state index contributed by atoms with van der Waals surface area (Å²) in [6.45, 7) is 1.72. The topological polar surface area (TPSA) is 87.4 Å². The van der Waals surface area contributed by atoms with Gasteiger partial charge in [-0.2, -0.15) is 0 Å². The summed E-state index contributed by atoms with van der Waals surface area (Å²) in [6, 6.07) is 0. The van der Waals surface area contributed by atoms with E-state index < -0.39 is 0 Å². The molecule has 0 saturated heterocycles. The molecule has 0 amide bonds. The molecular weight excluding hydrogens is 194 g/mol. The smallest absolute Gasteiger partial charge is 0.240 e.